The molecule has 10 nitrogen and oxygen atoms in total. The summed E-state index contributed by atoms with van der Waals surface area (Å²) in [6, 6.07) is 6.84. The number of pyridine rings is 1. The molecule has 0 bridgehead atoms. The van der Waals surface area contributed by atoms with Crippen LogP contribution in [0, 0.1) is 13.8 Å². The molecule has 1 aliphatic heterocycles. The fourth-order valence-electron chi connectivity index (χ4n) is 6.48. The molecule has 0 unspecified atom stereocenters. The van der Waals surface area contributed by atoms with Crippen molar-refractivity contribution in [2.45, 2.75) is 52.4 Å². The zero-order valence-corrected chi connectivity index (χ0v) is 33.6. The highest BCUT2D eigenvalue weighted by molar-refractivity contribution is 8.32. The summed E-state index contributed by atoms with van der Waals surface area (Å²) < 4.78 is 27.1. The highest BCUT2D eigenvalue weighted by atomic mass is 32.3. The lowest BCUT2D eigenvalue weighted by molar-refractivity contribution is -0.121. The number of benzene rings is 1. The number of nitrogens with one attached hydrogen (secondary N) is 2. The van der Waals surface area contributed by atoms with E-state index in [0.717, 1.165) is 65.4 Å². The molecule has 4 aromatic rings. The Labute approximate surface area is 295 Å². The Balaban J connectivity index is 1.25. The van der Waals surface area contributed by atoms with E-state index in [-0.39, 0.29) is 12.5 Å². The van der Waals surface area contributed by atoms with Crippen molar-refractivity contribution in [2.24, 2.45) is 0 Å². The lowest BCUT2D eigenvalue weighted by Crippen LogP contribution is -2.40. The third kappa shape index (κ3) is 9.51. The summed E-state index contributed by atoms with van der Waals surface area (Å²) in [6.07, 6.45) is 18.7. The second kappa shape index (κ2) is 15.1. The van der Waals surface area contributed by atoms with Crippen molar-refractivity contribution in [3.63, 3.8) is 0 Å². The molecule has 3 aromatic heterocycles. The van der Waals surface area contributed by atoms with Crippen molar-refractivity contribution < 1.29 is 18.4 Å². The van der Waals surface area contributed by atoms with E-state index < -0.39 is 27.8 Å². The number of rotatable bonds is 14. The molecule has 4 heterocycles. The maximum absolute atomic E-state index is 13.6. The molecule has 0 radical (unpaired) electrons. The second-order valence-corrected chi connectivity index (χ2v) is 26.4. The summed E-state index contributed by atoms with van der Waals surface area (Å²) in [6.45, 7) is 11.1. The smallest absolute Gasteiger partial charge is 0.354 e. The van der Waals surface area contributed by atoms with Crippen LogP contribution in [-0.2, 0) is 18.4 Å². The number of aryl methyl sites for hydroxylation is 1. The van der Waals surface area contributed by atoms with E-state index in [0.29, 0.717) is 25.0 Å². The van der Waals surface area contributed by atoms with Gasteiger partial charge in [-0.1, -0.05) is 19.9 Å². The van der Waals surface area contributed by atoms with E-state index in [4.69, 9.17) is 9.05 Å². The van der Waals surface area contributed by atoms with E-state index in [2.05, 4.69) is 115 Å². The number of carbonyl (C=O) groups is 1. The van der Waals surface area contributed by atoms with Crippen LogP contribution in [0.3, 0.4) is 0 Å². The van der Waals surface area contributed by atoms with Crippen LogP contribution in [0.25, 0.3) is 27.8 Å². The normalized spacial score (nSPS) is 16.2. The zero-order chi connectivity index (χ0) is 35.7. The molecule has 272 valence electrons. The second-order valence-electron chi connectivity index (χ2n) is 15.5. The van der Waals surface area contributed by atoms with Gasteiger partial charge in [-0.2, -0.15) is 5.10 Å². The fourth-order valence-corrected chi connectivity index (χ4v) is 9.14. The van der Waals surface area contributed by atoms with Crippen LogP contribution in [0.2, 0.25) is 0 Å². The molecule has 1 amide bonds. The lowest BCUT2D eigenvalue weighted by Gasteiger charge is -2.32. The van der Waals surface area contributed by atoms with E-state index >= 15 is 0 Å². The van der Waals surface area contributed by atoms with Gasteiger partial charge in [0.1, 0.15) is 6.33 Å². The first-order valence-corrected chi connectivity index (χ1v) is 24.7. The molecule has 0 saturated carbocycles. The Morgan fingerprint density at radius 3 is 2.24 bits per heavy atom. The van der Waals surface area contributed by atoms with Crippen molar-refractivity contribution in [1.29, 1.82) is 0 Å². The highest BCUT2D eigenvalue weighted by Crippen LogP contribution is 2.47. The summed E-state index contributed by atoms with van der Waals surface area (Å²) in [5, 5.41) is 8.35. The Morgan fingerprint density at radius 1 is 1.02 bits per heavy atom. The molecule has 1 aliphatic rings. The summed E-state index contributed by atoms with van der Waals surface area (Å²) in [7, 11) is -5.43. The average Bonchev–Trinajstić information content (AvgIpc) is 3.62. The first kappa shape index (κ1) is 37.9. The maximum Gasteiger partial charge on any atom is 0.434 e. The van der Waals surface area contributed by atoms with Gasteiger partial charge in [-0.25, -0.2) is 34.1 Å². The Hall–Kier alpha value is -2.34. The molecule has 0 atom stereocenters. The lowest BCUT2D eigenvalue weighted by atomic mass is 9.87. The molecule has 1 saturated heterocycles. The minimum absolute atomic E-state index is 0.172. The monoisotopic (exact) mass is 732 g/mol. The van der Waals surface area contributed by atoms with Crippen molar-refractivity contribution in [3.05, 3.63) is 53.0 Å². The number of fused-ring (bicyclic) bond motifs is 2. The van der Waals surface area contributed by atoms with Crippen molar-refractivity contribution in [3.8, 4) is 11.3 Å². The van der Waals surface area contributed by atoms with Gasteiger partial charge in [-0.15, -0.1) is 0 Å². The molecule has 5 rings (SSSR count). The predicted octanol–water partition coefficient (Wildman–Crippen LogP) is 7.44. The largest absolute Gasteiger partial charge is 0.434 e. The van der Waals surface area contributed by atoms with E-state index in [1.165, 1.54) is 22.1 Å². The predicted molar refractivity (Wildman–Crippen MR) is 210 cm³/mol. The number of hydrogen-bond acceptors (Lipinski definition) is 7. The molecule has 13 heteroatoms. The van der Waals surface area contributed by atoms with Crippen LogP contribution in [0.5, 0.6) is 0 Å². The molecule has 1 fully saturated rings. The highest BCUT2D eigenvalue weighted by Gasteiger charge is 2.31. The molecule has 0 aliphatic carbocycles. The number of likely N-dealkylation sites (tertiary alicyclic amines) is 1. The first-order chi connectivity index (χ1) is 22.9. The maximum atomic E-state index is 13.6. The molecule has 0 spiro atoms. The van der Waals surface area contributed by atoms with Crippen LogP contribution in [0.4, 0.5) is 0 Å². The number of H-pyrrole nitrogens is 1. The Bertz CT molecular complexity index is 1810. The quantitative estimate of drug-likeness (QED) is 0.130. The van der Waals surface area contributed by atoms with Crippen molar-refractivity contribution in [2.75, 3.05) is 81.9 Å². The van der Waals surface area contributed by atoms with Crippen LogP contribution in [0.15, 0.2) is 30.7 Å². The van der Waals surface area contributed by atoms with Gasteiger partial charge in [0.15, 0.2) is 5.65 Å². The van der Waals surface area contributed by atoms with E-state index in [9.17, 15) is 9.36 Å². The first-order valence-electron chi connectivity index (χ1n) is 17.1. The zero-order valence-electron chi connectivity index (χ0n) is 31.1. The van der Waals surface area contributed by atoms with Gasteiger partial charge in [-0.05, 0) is 124 Å². The van der Waals surface area contributed by atoms with Crippen LogP contribution >= 0.6 is 27.8 Å². The van der Waals surface area contributed by atoms with Crippen LogP contribution in [-0.4, -0.2) is 112 Å². The third-order valence-corrected chi connectivity index (χ3v) is 13.8. The number of aromatic amines is 1. The van der Waals surface area contributed by atoms with Crippen molar-refractivity contribution in [1.82, 2.24) is 29.6 Å². The van der Waals surface area contributed by atoms with Gasteiger partial charge >= 0.3 is 7.75 Å². The van der Waals surface area contributed by atoms with Gasteiger partial charge in [-0.3, -0.25) is 23.8 Å². The van der Waals surface area contributed by atoms with Crippen molar-refractivity contribution >= 4 is 50.3 Å². The molecule has 1 aromatic carbocycles. The summed E-state index contributed by atoms with van der Waals surface area (Å²) in [5.74, 6) is 1.99. The van der Waals surface area contributed by atoms with Gasteiger partial charge in [0.25, 0.3) is 0 Å². The molecule has 49 heavy (non-hydrogen) atoms. The molecule has 2 N–H and O–H groups in total. The number of carbonyl (C=O) groups excluding carboxylic acids is 1. The van der Waals surface area contributed by atoms with E-state index in [1.807, 2.05) is 4.52 Å². The third-order valence-electron chi connectivity index (χ3n) is 9.44. The summed E-state index contributed by atoms with van der Waals surface area (Å²) in [4.78, 5) is 23.5. The van der Waals surface area contributed by atoms with Crippen LogP contribution < -0.4 is 5.09 Å². The molecular weight excluding hydrogens is 676 g/mol. The standard InChI is InChI=1S/C36H57N6O4PS2/c1-25(2)34-30-21-29(11-12-32(30)39-35(34)31-22-42-36(37-24-38-42)27(4)26(31)3)28-13-15-41(16-14-28)23-33(43)40-47(44,45-17-19-48(5,6)7)46-18-20-49(8,9)10/h11-12,21-22,24-25,28,39H,13-20,23H2,1-10H3,(H,40,43,44). The Morgan fingerprint density at radius 2 is 1.65 bits per heavy atom. The van der Waals surface area contributed by atoms with Gasteiger partial charge < -0.3 is 4.98 Å². The molecular formula is C36H57N6O4PS2. The minimum atomic E-state index is -3.76. The number of nitrogens with zero attached hydrogens (tertiary/aromatic N) is 4. The number of piperidine rings is 1. The number of aromatic nitrogens is 4. The van der Waals surface area contributed by atoms with Crippen LogP contribution in [0.1, 0.15) is 60.8 Å². The van der Waals surface area contributed by atoms with Gasteiger partial charge in [0.2, 0.25) is 5.91 Å². The summed E-state index contributed by atoms with van der Waals surface area (Å²) in [5.41, 5.74) is 9.30. The number of hydrogen-bond donors (Lipinski definition) is 2. The van der Waals surface area contributed by atoms with Gasteiger partial charge in [0.05, 0.1) is 25.5 Å². The van der Waals surface area contributed by atoms with E-state index in [1.54, 1.807) is 6.33 Å². The SMILES string of the molecule is Cc1c(-c2[nH]c3ccc(C4CCN(CC(=O)NP(=O)(OCCS(C)(C)C)OCCS(C)(C)C)CC4)cc3c2C(C)C)cn2ncnc2c1C. The van der Waals surface area contributed by atoms with Gasteiger partial charge in [0, 0.05) is 34.2 Å². The topological polar surface area (TPSA) is 114 Å². The average molecular weight is 733 g/mol. The fraction of sp³-hybridized carbons (Fsp3) is 0.583. The minimum Gasteiger partial charge on any atom is -0.354 e. The summed E-state index contributed by atoms with van der Waals surface area (Å²) >= 11 is 0. The Kier molecular flexibility index (Phi) is 11.7. The number of amides is 1.